The normalized spacial score (nSPS) is 15.4. The highest BCUT2D eigenvalue weighted by Crippen LogP contribution is 2.22. The summed E-state index contributed by atoms with van der Waals surface area (Å²) in [7, 11) is 0. The molecule has 0 bridgehead atoms. The van der Waals surface area contributed by atoms with E-state index in [1.165, 1.54) is 17.7 Å². The first-order valence-electron chi connectivity index (χ1n) is 8.06. The first kappa shape index (κ1) is 15.9. The van der Waals surface area contributed by atoms with Crippen LogP contribution in [0.3, 0.4) is 0 Å². The molecule has 0 radical (unpaired) electrons. The molecule has 2 nitrogen and oxygen atoms in total. The van der Waals surface area contributed by atoms with E-state index in [2.05, 4.69) is 40.5 Å². The second-order valence-electron chi connectivity index (χ2n) is 6.06. The fourth-order valence-electron chi connectivity index (χ4n) is 3.06. The van der Waals surface area contributed by atoms with Crippen molar-refractivity contribution in [2.24, 2.45) is 5.92 Å². The lowest BCUT2D eigenvalue weighted by molar-refractivity contribution is 0.268. The van der Waals surface area contributed by atoms with Crippen molar-refractivity contribution in [2.75, 3.05) is 18.4 Å². The minimum absolute atomic E-state index is 0.251. The van der Waals surface area contributed by atoms with Crippen LogP contribution in [0, 0.1) is 11.7 Å². The van der Waals surface area contributed by atoms with Gasteiger partial charge in [-0.1, -0.05) is 36.4 Å². The van der Waals surface area contributed by atoms with Crippen molar-refractivity contribution in [3.63, 3.8) is 0 Å². The van der Waals surface area contributed by atoms with E-state index in [1.54, 1.807) is 6.07 Å². The lowest BCUT2D eigenvalue weighted by Crippen LogP contribution is -2.41. The summed E-state index contributed by atoms with van der Waals surface area (Å²) in [6.45, 7) is 1.91. The molecule has 0 aromatic heterocycles. The van der Waals surface area contributed by atoms with Crippen molar-refractivity contribution in [1.29, 1.82) is 0 Å². The second kappa shape index (κ2) is 7.55. The number of benzene rings is 2. The molecule has 120 valence electrons. The predicted octanol–water partition coefficient (Wildman–Crippen LogP) is 4.48. The summed E-state index contributed by atoms with van der Waals surface area (Å²) < 4.78 is 13.2. The molecule has 0 unspecified atom stereocenters. The summed E-state index contributed by atoms with van der Waals surface area (Å²) in [5.74, 6) is 0.463. The largest absolute Gasteiger partial charge is 0.349 e. The van der Waals surface area contributed by atoms with Gasteiger partial charge in [-0.15, -0.1) is 0 Å². The van der Waals surface area contributed by atoms with E-state index < -0.39 is 0 Å². The third-order valence-electron chi connectivity index (χ3n) is 4.34. The van der Waals surface area contributed by atoms with Gasteiger partial charge in [0, 0.05) is 18.8 Å². The molecule has 3 rings (SSSR count). The minimum Gasteiger partial charge on any atom is -0.349 e. The van der Waals surface area contributed by atoms with Gasteiger partial charge < -0.3 is 10.2 Å². The molecule has 1 N–H and O–H groups in total. The van der Waals surface area contributed by atoms with Crippen LogP contribution in [0.15, 0.2) is 54.6 Å². The Morgan fingerprint density at radius 1 is 1.09 bits per heavy atom. The quantitative estimate of drug-likeness (QED) is 0.837. The Kier molecular flexibility index (Phi) is 5.23. The Morgan fingerprint density at radius 2 is 1.83 bits per heavy atom. The number of likely N-dealkylation sites (tertiary alicyclic amines) is 1. The molecule has 1 aliphatic rings. The lowest BCUT2D eigenvalue weighted by atomic mass is 9.90. The van der Waals surface area contributed by atoms with Crippen LogP contribution in [-0.2, 0) is 6.42 Å². The summed E-state index contributed by atoms with van der Waals surface area (Å²) in [4.78, 5) is 2.18. The average molecular weight is 328 g/mol. The van der Waals surface area contributed by atoms with Gasteiger partial charge in [0.05, 0.1) is 0 Å². The second-order valence-corrected chi connectivity index (χ2v) is 6.45. The zero-order valence-electron chi connectivity index (χ0n) is 13.0. The first-order chi connectivity index (χ1) is 11.2. The number of piperidine rings is 1. The van der Waals surface area contributed by atoms with Crippen LogP contribution < -0.4 is 5.32 Å². The molecule has 1 heterocycles. The summed E-state index contributed by atoms with van der Waals surface area (Å²) >= 11 is 5.46. The van der Waals surface area contributed by atoms with E-state index in [0.29, 0.717) is 16.7 Å². The van der Waals surface area contributed by atoms with Crippen molar-refractivity contribution >= 4 is 23.0 Å². The highest BCUT2D eigenvalue weighted by molar-refractivity contribution is 7.80. The van der Waals surface area contributed by atoms with Crippen LogP contribution in [0.25, 0.3) is 0 Å². The Labute approximate surface area is 142 Å². The summed E-state index contributed by atoms with van der Waals surface area (Å²) in [5.41, 5.74) is 2.12. The van der Waals surface area contributed by atoms with Crippen LogP contribution in [0.2, 0.25) is 0 Å². The zero-order valence-corrected chi connectivity index (χ0v) is 13.9. The fraction of sp³-hybridized carbons (Fsp3) is 0.316. The van der Waals surface area contributed by atoms with Crippen molar-refractivity contribution in [1.82, 2.24) is 4.90 Å². The number of halogens is 1. The van der Waals surface area contributed by atoms with Crippen molar-refractivity contribution in [3.8, 4) is 0 Å². The number of hydrogen-bond acceptors (Lipinski definition) is 1. The molecule has 2 aromatic rings. The van der Waals surface area contributed by atoms with Gasteiger partial charge >= 0.3 is 0 Å². The Hall–Kier alpha value is -1.94. The van der Waals surface area contributed by atoms with E-state index in [0.717, 1.165) is 32.4 Å². The van der Waals surface area contributed by atoms with Crippen molar-refractivity contribution < 1.29 is 4.39 Å². The van der Waals surface area contributed by atoms with E-state index in [1.807, 2.05) is 6.07 Å². The topological polar surface area (TPSA) is 15.3 Å². The molecule has 4 heteroatoms. The molecule has 1 saturated heterocycles. The van der Waals surface area contributed by atoms with Crippen LogP contribution >= 0.6 is 12.2 Å². The highest BCUT2D eigenvalue weighted by Gasteiger charge is 2.21. The van der Waals surface area contributed by atoms with E-state index in [9.17, 15) is 4.39 Å². The summed E-state index contributed by atoms with van der Waals surface area (Å²) in [6.07, 6.45) is 3.42. The Bertz CT molecular complexity index is 651. The van der Waals surface area contributed by atoms with Gasteiger partial charge in [-0.05, 0) is 61.2 Å². The van der Waals surface area contributed by atoms with Gasteiger partial charge in [0.25, 0.3) is 0 Å². The number of thiocarbonyl (C=S) groups is 1. The number of anilines is 1. The molecule has 0 aliphatic carbocycles. The molecular formula is C19H21FN2S. The third-order valence-corrected chi connectivity index (χ3v) is 4.71. The van der Waals surface area contributed by atoms with E-state index in [-0.39, 0.29) is 5.82 Å². The van der Waals surface area contributed by atoms with E-state index in [4.69, 9.17) is 12.2 Å². The number of rotatable bonds is 3. The monoisotopic (exact) mass is 328 g/mol. The maximum Gasteiger partial charge on any atom is 0.173 e. The maximum absolute atomic E-state index is 13.2. The van der Waals surface area contributed by atoms with Crippen molar-refractivity contribution in [2.45, 2.75) is 19.3 Å². The summed E-state index contributed by atoms with van der Waals surface area (Å²) in [5, 5.41) is 3.82. The van der Waals surface area contributed by atoms with Crippen LogP contribution in [0.4, 0.5) is 10.1 Å². The molecule has 23 heavy (non-hydrogen) atoms. The molecular weight excluding hydrogens is 307 g/mol. The van der Waals surface area contributed by atoms with Crippen LogP contribution in [-0.4, -0.2) is 23.1 Å². The van der Waals surface area contributed by atoms with Crippen LogP contribution in [0.5, 0.6) is 0 Å². The first-order valence-corrected chi connectivity index (χ1v) is 8.47. The van der Waals surface area contributed by atoms with Gasteiger partial charge in [0.1, 0.15) is 5.82 Å². The zero-order chi connectivity index (χ0) is 16.1. The molecule has 2 aromatic carbocycles. The highest BCUT2D eigenvalue weighted by atomic mass is 32.1. The molecule has 1 aliphatic heterocycles. The Balaban J connectivity index is 1.49. The van der Waals surface area contributed by atoms with Gasteiger partial charge in [-0.25, -0.2) is 4.39 Å². The van der Waals surface area contributed by atoms with Crippen LogP contribution in [0.1, 0.15) is 18.4 Å². The molecule has 0 saturated carbocycles. The minimum atomic E-state index is -0.251. The van der Waals surface area contributed by atoms with E-state index >= 15 is 0 Å². The molecule has 0 atom stereocenters. The molecule has 0 spiro atoms. The number of hydrogen-bond donors (Lipinski definition) is 1. The van der Waals surface area contributed by atoms with Gasteiger partial charge in [0.15, 0.2) is 5.11 Å². The fourth-order valence-corrected chi connectivity index (χ4v) is 3.36. The average Bonchev–Trinajstić information content (AvgIpc) is 2.56. The Morgan fingerprint density at radius 3 is 2.52 bits per heavy atom. The maximum atomic E-state index is 13.2. The molecule has 1 fully saturated rings. The van der Waals surface area contributed by atoms with Gasteiger partial charge in [-0.2, -0.15) is 0 Å². The SMILES string of the molecule is Fc1cccc(NC(=S)N2CCC(Cc3ccccc3)CC2)c1. The number of nitrogens with zero attached hydrogens (tertiary/aromatic N) is 1. The molecule has 0 amide bonds. The van der Waals surface area contributed by atoms with Crippen molar-refractivity contribution in [3.05, 3.63) is 66.0 Å². The van der Waals surface area contributed by atoms with Gasteiger partial charge in [0.2, 0.25) is 0 Å². The standard InChI is InChI=1S/C19H21FN2S/c20-17-7-4-8-18(14-17)21-19(23)22-11-9-16(10-12-22)13-15-5-2-1-3-6-15/h1-8,14,16H,9-13H2,(H,21,23). The summed E-state index contributed by atoms with van der Waals surface area (Å²) in [6, 6.07) is 17.1. The predicted molar refractivity (Wildman–Crippen MR) is 97.1 cm³/mol. The lowest BCUT2D eigenvalue weighted by Gasteiger charge is -2.34. The smallest absolute Gasteiger partial charge is 0.173 e. The van der Waals surface area contributed by atoms with Gasteiger partial charge in [-0.3, -0.25) is 0 Å². The number of nitrogens with one attached hydrogen (secondary N) is 1. The third kappa shape index (κ3) is 4.52.